The molecule has 4 rings (SSSR count). The third-order valence-electron chi connectivity index (χ3n) is 3.96. The Balaban J connectivity index is 1.64. The zero-order valence-electron chi connectivity index (χ0n) is 14.1. The number of pyridine rings is 1. The van der Waals surface area contributed by atoms with Gasteiger partial charge in [0.1, 0.15) is 17.3 Å². The summed E-state index contributed by atoms with van der Waals surface area (Å²) in [5, 5.41) is 4.00. The van der Waals surface area contributed by atoms with Crippen molar-refractivity contribution in [3.8, 4) is 11.5 Å². The summed E-state index contributed by atoms with van der Waals surface area (Å²) in [5.41, 5.74) is 7.05. The molecule has 0 fully saturated rings. The number of para-hydroxylation sites is 1. The molecule has 2 heterocycles. The van der Waals surface area contributed by atoms with Gasteiger partial charge in [-0.3, -0.25) is 4.57 Å². The van der Waals surface area contributed by atoms with E-state index in [4.69, 9.17) is 22.1 Å². The van der Waals surface area contributed by atoms with Gasteiger partial charge in [-0.25, -0.2) is 9.78 Å². The number of halogens is 1. The van der Waals surface area contributed by atoms with Crippen LogP contribution in [0.1, 0.15) is 0 Å². The van der Waals surface area contributed by atoms with Crippen LogP contribution < -0.4 is 15.8 Å². The molecule has 1 amide bonds. The third-order valence-corrected chi connectivity index (χ3v) is 4.26. The lowest BCUT2D eigenvalue weighted by Crippen LogP contribution is -2.18. The lowest BCUT2D eigenvalue weighted by atomic mass is 10.2. The zero-order chi connectivity index (χ0) is 18.8. The van der Waals surface area contributed by atoms with Crippen molar-refractivity contribution in [3.63, 3.8) is 0 Å². The monoisotopic (exact) mass is 378 g/mol. The van der Waals surface area contributed by atoms with Crippen molar-refractivity contribution in [1.29, 1.82) is 0 Å². The molecule has 0 radical (unpaired) electrons. The molecule has 0 bridgehead atoms. The van der Waals surface area contributed by atoms with Crippen molar-refractivity contribution >= 4 is 40.0 Å². The molecule has 0 saturated heterocycles. The largest absolute Gasteiger partial charge is 0.457 e. The number of fused-ring (bicyclic) bond motifs is 1. The highest BCUT2D eigenvalue weighted by Crippen LogP contribution is 2.31. The van der Waals surface area contributed by atoms with Crippen LogP contribution in [0.2, 0.25) is 5.02 Å². The van der Waals surface area contributed by atoms with Gasteiger partial charge in [-0.2, -0.15) is 0 Å². The molecule has 4 aromatic rings. The molecule has 3 N–H and O–H groups in total. The molecule has 0 unspecified atom stereocenters. The first kappa shape index (κ1) is 16.9. The fourth-order valence-corrected chi connectivity index (χ4v) is 2.98. The molecule has 0 aliphatic carbocycles. The van der Waals surface area contributed by atoms with Crippen LogP contribution in [0.4, 0.5) is 16.3 Å². The highest BCUT2D eigenvalue weighted by Gasteiger charge is 2.14. The Labute approximate surface area is 160 Å². The molecule has 134 valence electrons. The smallest absolute Gasteiger partial charge is 0.330 e. The summed E-state index contributed by atoms with van der Waals surface area (Å²) in [7, 11) is 0. The summed E-state index contributed by atoms with van der Waals surface area (Å²) in [6.45, 7) is 0. The number of benzene rings is 2. The maximum Gasteiger partial charge on any atom is 0.330 e. The van der Waals surface area contributed by atoms with E-state index in [0.29, 0.717) is 38.9 Å². The maximum absolute atomic E-state index is 12.6. The molecule has 0 aliphatic rings. The second-order valence-corrected chi connectivity index (χ2v) is 6.25. The molecule has 0 aliphatic heterocycles. The Hall–Kier alpha value is -3.51. The predicted molar refractivity (Wildman–Crippen MR) is 107 cm³/mol. The number of carbonyl (C=O) groups excluding carboxylic acids is 1. The van der Waals surface area contributed by atoms with E-state index < -0.39 is 0 Å². The van der Waals surface area contributed by atoms with Gasteiger partial charge in [-0.05, 0) is 36.4 Å². The van der Waals surface area contributed by atoms with E-state index in [2.05, 4.69) is 10.3 Å². The van der Waals surface area contributed by atoms with Crippen molar-refractivity contribution in [3.05, 3.63) is 78.1 Å². The van der Waals surface area contributed by atoms with E-state index in [9.17, 15) is 4.79 Å². The van der Waals surface area contributed by atoms with E-state index in [1.807, 2.05) is 30.3 Å². The minimum Gasteiger partial charge on any atom is -0.457 e. The van der Waals surface area contributed by atoms with Crippen molar-refractivity contribution in [2.75, 3.05) is 11.1 Å². The van der Waals surface area contributed by atoms with Gasteiger partial charge in [0.25, 0.3) is 0 Å². The Morgan fingerprint density at radius 3 is 2.63 bits per heavy atom. The number of amides is 1. The normalized spacial score (nSPS) is 10.7. The quantitative estimate of drug-likeness (QED) is 0.516. The van der Waals surface area contributed by atoms with Gasteiger partial charge in [0.05, 0.1) is 10.5 Å². The van der Waals surface area contributed by atoms with Crippen LogP contribution in [0.25, 0.3) is 10.9 Å². The number of nitrogens with one attached hydrogen (secondary N) is 1. The summed E-state index contributed by atoms with van der Waals surface area (Å²) in [5.74, 6) is 1.52. The van der Waals surface area contributed by atoms with Crippen LogP contribution in [-0.2, 0) is 0 Å². The Morgan fingerprint density at radius 2 is 1.85 bits per heavy atom. The Morgan fingerprint density at radius 1 is 1.07 bits per heavy atom. The first-order chi connectivity index (χ1) is 13.1. The molecular weight excluding hydrogens is 364 g/mol. The van der Waals surface area contributed by atoms with E-state index >= 15 is 0 Å². The number of ether oxygens (including phenoxy) is 1. The van der Waals surface area contributed by atoms with Crippen molar-refractivity contribution in [1.82, 2.24) is 9.55 Å². The minimum absolute atomic E-state index is 0.298. The fraction of sp³-hybridized carbons (Fsp3) is 0. The standard InChI is InChI=1S/C20H15ClN4O2/c21-17-12-25(20(26)24-13-4-2-1-3-5-13)18-7-6-14(10-16(17)18)27-15-8-9-23-19(22)11-15/h1-12H,(H2,22,23)(H,24,26). The second kappa shape index (κ2) is 7.01. The van der Waals surface area contributed by atoms with Crippen LogP contribution in [0.3, 0.4) is 0 Å². The molecule has 6 nitrogen and oxygen atoms in total. The molecule has 2 aromatic carbocycles. The first-order valence-electron chi connectivity index (χ1n) is 8.16. The molecule has 0 saturated carbocycles. The van der Waals surface area contributed by atoms with Gasteiger partial charge < -0.3 is 15.8 Å². The van der Waals surface area contributed by atoms with Crippen molar-refractivity contribution < 1.29 is 9.53 Å². The van der Waals surface area contributed by atoms with E-state index in [0.717, 1.165) is 0 Å². The summed E-state index contributed by atoms with van der Waals surface area (Å²) in [6, 6.07) is 17.6. The summed E-state index contributed by atoms with van der Waals surface area (Å²) < 4.78 is 7.27. The van der Waals surface area contributed by atoms with Crippen molar-refractivity contribution in [2.45, 2.75) is 0 Å². The van der Waals surface area contributed by atoms with E-state index in [1.54, 1.807) is 42.7 Å². The number of hydrogen-bond acceptors (Lipinski definition) is 4. The number of nitrogens with zero attached hydrogens (tertiary/aromatic N) is 2. The average Bonchev–Trinajstić information content (AvgIpc) is 2.99. The minimum atomic E-state index is -0.298. The number of rotatable bonds is 3. The van der Waals surface area contributed by atoms with Crippen LogP contribution in [0.15, 0.2) is 73.1 Å². The van der Waals surface area contributed by atoms with Gasteiger partial charge >= 0.3 is 6.03 Å². The lowest BCUT2D eigenvalue weighted by Gasteiger charge is -2.08. The van der Waals surface area contributed by atoms with Crippen molar-refractivity contribution in [2.24, 2.45) is 0 Å². The number of aromatic nitrogens is 2. The first-order valence-corrected chi connectivity index (χ1v) is 8.54. The fourth-order valence-electron chi connectivity index (χ4n) is 2.73. The Kier molecular flexibility index (Phi) is 4.40. The highest BCUT2D eigenvalue weighted by molar-refractivity contribution is 6.36. The van der Waals surface area contributed by atoms with Gasteiger partial charge in [0.15, 0.2) is 0 Å². The molecule has 0 atom stereocenters. The van der Waals surface area contributed by atoms with E-state index in [-0.39, 0.29) is 6.03 Å². The van der Waals surface area contributed by atoms with E-state index in [1.165, 1.54) is 4.57 Å². The molecule has 0 spiro atoms. The summed E-state index contributed by atoms with van der Waals surface area (Å²) in [6.07, 6.45) is 3.15. The van der Waals surface area contributed by atoms with Gasteiger partial charge in [0.2, 0.25) is 0 Å². The zero-order valence-corrected chi connectivity index (χ0v) is 14.9. The number of anilines is 2. The second-order valence-electron chi connectivity index (χ2n) is 5.84. The van der Waals surface area contributed by atoms with Crippen LogP contribution in [0, 0.1) is 0 Å². The van der Waals surface area contributed by atoms with Crippen LogP contribution >= 0.6 is 11.6 Å². The summed E-state index contributed by atoms with van der Waals surface area (Å²) >= 11 is 6.34. The summed E-state index contributed by atoms with van der Waals surface area (Å²) in [4.78, 5) is 16.5. The van der Waals surface area contributed by atoms with Gasteiger partial charge in [0, 0.05) is 29.5 Å². The molecule has 7 heteroatoms. The number of carbonyl (C=O) groups is 1. The number of nitrogens with two attached hydrogens (primary N) is 1. The predicted octanol–water partition coefficient (Wildman–Crippen LogP) is 5.14. The average molecular weight is 379 g/mol. The number of nitrogen functional groups attached to an aromatic ring is 1. The molecular formula is C20H15ClN4O2. The Bertz CT molecular complexity index is 1130. The van der Waals surface area contributed by atoms with Gasteiger partial charge in [-0.1, -0.05) is 29.8 Å². The molecule has 27 heavy (non-hydrogen) atoms. The third kappa shape index (κ3) is 3.56. The van der Waals surface area contributed by atoms with Crippen LogP contribution in [-0.4, -0.2) is 15.6 Å². The SMILES string of the molecule is Nc1cc(Oc2ccc3c(c2)c(Cl)cn3C(=O)Nc2ccccc2)ccn1. The van der Waals surface area contributed by atoms with Crippen LogP contribution in [0.5, 0.6) is 11.5 Å². The highest BCUT2D eigenvalue weighted by atomic mass is 35.5. The topological polar surface area (TPSA) is 82.2 Å². The lowest BCUT2D eigenvalue weighted by molar-refractivity contribution is 0.254. The molecule has 2 aromatic heterocycles. The maximum atomic E-state index is 12.6. The number of hydrogen-bond donors (Lipinski definition) is 2. The van der Waals surface area contributed by atoms with Gasteiger partial charge in [-0.15, -0.1) is 0 Å².